The number of ketones is 3. The van der Waals surface area contributed by atoms with Crippen LogP contribution in [-0.2, 0) is 74.7 Å². The Labute approximate surface area is 698 Å². The number of carbonyl (C=O) groups excluding carboxylic acids is 3. The second kappa shape index (κ2) is 37.1. The molecule has 9 aromatic carbocycles. The van der Waals surface area contributed by atoms with Crippen LogP contribution in [0, 0.1) is 59.7 Å². The first-order chi connectivity index (χ1) is 53.4. The number of hydrogen-bond acceptors (Lipinski definition) is 15. The summed E-state index contributed by atoms with van der Waals surface area (Å²) in [6, 6.07) is 77.6. The van der Waals surface area contributed by atoms with Crippen molar-refractivity contribution < 1.29 is 117 Å². The molecule has 0 aliphatic heterocycles. The first kappa shape index (κ1) is 84.5. The van der Waals surface area contributed by atoms with Crippen LogP contribution in [0.4, 0.5) is 0 Å². The van der Waals surface area contributed by atoms with Crippen molar-refractivity contribution in [1.29, 1.82) is 0 Å². The topological polar surface area (TPSA) is 229 Å². The molecule has 0 amide bonds. The zero-order valence-electron chi connectivity index (χ0n) is 64.4. The molecule has 0 aliphatic carbocycles. The minimum atomic E-state index is -0.125. The van der Waals surface area contributed by atoms with Gasteiger partial charge < -0.3 is 56.8 Å². The van der Waals surface area contributed by atoms with Crippen LogP contribution in [0.5, 0.6) is 0 Å². The van der Waals surface area contributed by atoms with Gasteiger partial charge >= 0.3 is 0 Å². The van der Waals surface area contributed by atoms with E-state index in [0.717, 1.165) is 166 Å². The molecule has 3 radical (unpaired) electrons. The van der Waals surface area contributed by atoms with Crippen molar-refractivity contribution >= 4 is 116 Å². The zero-order chi connectivity index (χ0) is 78.3. The standard InChI is InChI=1S/C28H20NO2.C27H18NO2.C26H16NO2.3C5H8O2.3Ir/c1-16-11-17(2)27(18(3)12-16)25-14-19-13-23(29-15-26(19)30-25)22-9-6-8-21-20-7-4-5-10-24(20)31-28(21)22;1-16-10-17(2)12-18(11-16)25-14-19-13-23(28-15-26(19)29-25)22-8-5-7-21-20-6-3-4-9-24(20)30-27(21)22;1-16-9-11-17(12-10-16)24-14-18-13-22(27-15-25(18)28-24)21-7-4-6-20-19-5-2-3-8-23(19)29-26(20)21;3*1-4(6)3-5(2)7;;;/h4-8,10-15H,1-3H3;3-7,9-15H,1-2H3;2-6,8-15H,1H3;3*3,6H,1-2H3;;;/q3*-1;;;;;;. The fourth-order valence-electron chi connectivity index (χ4n) is 13.6. The number of rotatable bonds is 9. The third-order valence-corrected chi connectivity index (χ3v) is 18.0. The molecule has 0 fully saturated rings. The second-order valence-corrected chi connectivity index (χ2v) is 27.4. The quantitative estimate of drug-likeness (QED) is 0.0693. The number of aryl methyl sites for hydroxylation is 6. The van der Waals surface area contributed by atoms with E-state index in [1.165, 1.54) is 93.2 Å². The molecule has 18 heteroatoms. The van der Waals surface area contributed by atoms with Gasteiger partial charge in [0.1, 0.15) is 34.0 Å². The van der Waals surface area contributed by atoms with Crippen molar-refractivity contribution in [2.24, 2.45) is 0 Å². The number of pyridine rings is 3. The summed E-state index contributed by atoms with van der Waals surface area (Å²) < 4.78 is 36.8. The molecule has 18 rings (SSSR count). The predicted octanol–water partition coefficient (Wildman–Crippen LogP) is 25.5. The average molecular weight is 2040 g/mol. The van der Waals surface area contributed by atoms with Crippen molar-refractivity contribution in [3.05, 3.63) is 306 Å². The third kappa shape index (κ3) is 19.5. The molecule has 9 heterocycles. The first-order valence-electron chi connectivity index (χ1n) is 35.9. The van der Waals surface area contributed by atoms with E-state index in [0.29, 0.717) is 0 Å². The Morgan fingerprint density at radius 1 is 0.325 bits per heavy atom. The van der Waals surface area contributed by atoms with Crippen LogP contribution in [0.25, 0.3) is 166 Å². The molecule has 15 nitrogen and oxygen atoms in total. The minimum absolute atomic E-state index is 0. The molecule has 0 atom stereocenters. The molecular formula is C96H78Ir3N3O12-3. The van der Waals surface area contributed by atoms with E-state index in [1.54, 1.807) is 18.6 Å². The van der Waals surface area contributed by atoms with Crippen molar-refractivity contribution in [2.45, 2.75) is 83.1 Å². The summed E-state index contributed by atoms with van der Waals surface area (Å²) in [7, 11) is 0. The molecule has 3 N–H and O–H groups in total. The first-order valence-corrected chi connectivity index (χ1v) is 35.9. The number of nitrogens with zero attached hydrogens (tertiary/aromatic N) is 3. The van der Waals surface area contributed by atoms with Gasteiger partial charge in [0.15, 0.2) is 34.1 Å². The molecule has 0 spiro atoms. The molecule has 0 saturated heterocycles. The van der Waals surface area contributed by atoms with Crippen LogP contribution in [0.2, 0.25) is 0 Å². The van der Waals surface area contributed by atoms with E-state index >= 15 is 0 Å². The number of para-hydroxylation sites is 3. The van der Waals surface area contributed by atoms with Gasteiger partial charge in [-0.25, -0.2) is 0 Å². The van der Waals surface area contributed by atoms with Gasteiger partial charge in [0.25, 0.3) is 0 Å². The number of aliphatic hydroxyl groups excluding tert-OH is 3. The summed E-state index contributed by atoms with van der Waals surface area (Å²) in [4.78, 5) is 44.0. The van der Waals surface area contributed by atoms with Gasteiger partial charge in [0, 0.05) is 128 Å². The van der Waals surface area contributed by atoms with E-state index in [2.05, 4.69) is 172 Å². The van der Waals surface area contributed by atoms with E-state index in [1.807, 2.05) is 103 Å². The number of carbonyl (C=O) groups is 3. The third-order valence-electron chi connectivity index (χ3n) is 18.0. The monoisotopic (exact) mass is 2040 g/mol. The van der Waals surface area contributed by atoms with Gasteiger partial charge in [0.05, 0.1) is 52.6 Å². The Morgan fingerprint density at radius 3 is 0.974 bits per heavy atom. The Balaban J connectivity index is 0.000000159. The maximum Gasteiger partial charge on any atom is 0.155 e. The largest absolute Gasteiger partial charge is 0.512 e. The average Bonchev–Trinajstić information content (AvgIpc) is 1.64. The number of hydrogen-bond donors (Lipinski definition) is 3. The molecule has 9 aromatic heterocycles. The Bertz CT molecular complexity index is 6560. The van der Waals surface area contributed by atoms with Crippen molar-refractivity contribution in [2.75, 3.05) is 0 Å². The van der Waals surface area contributed by atoms with Gasteiger partial charge in [-0.3, -0.25) is 14.4 Å². The smallest absolute Gasteiger partial charge is 0.155 e. The second-order valence-electron chi connectivity index (χ2n) is 27.4. The van der Waals surface area contributed by atoms with Crippen molar-refractivity contribution in [3.8, 4) is 67.7 Å². The molecular weight excluding hydrogens is 1960 g/mol. The summed E-state index contributed by atoms with van der Waals surface area (Å²) in [5.74, 6) is 2.37. The summed E-state index contributed by atoms with van der Waals surface area (Å²) in [5, 5.41) is 34.6. The van der Waals surface area contributed by atoms with Gasteiger partial charge in [-0.15, -0.1) is 54.6 Å². The van der Waals surface area contributed by atoms with Crippen LogP contribution in [0.1, 0.15) is 74.9 Å². The molecule has 579 valence electrons. The number of allylic oxidation sites excluding steroid dienone is 6. The van der Waals surface area contributed by atoms with Gasteiger partial charge in [-0.05, 0) is 160 Å². The Kier molecular flexibility index (Phi) is 27.5. The Hall–Kier alpha value is -12.0. The van der Waals surface area contributed by atoms with Crippen LogP contribution >= 0.6 is 0 Å². The van der Waals surface area contributed by atoms with Gasteiger partial charge in [0.2, 0.25) is 0 Å². The van der Waals surface area contributed by atoms with E-state index in [4.69, 9.17) is 41.8 Å². The van der Waals surface area contributed by atoms with Gasteiger partial charge in [-0.1, -0.05) is 170 Å². The molecule has 0 unspecified atom stereocenters. The molecule has 114 heavy (non-hydrogen) atoms. The fourth-order valence-corrected chi connectivity index (χ4v) is 13.6. The summed E-state index contributed by atoms with van der Waals surface area (Å²) in [6.45, 7) is 21.2. The number of aliphatic hydroxyl groups is 3. The minimum Gasteiger partial charge on any atom is -0.512 e. The van der Waals surface area contributed by atoms with Crippen LogP contribution < -0.4 is 0 Å². The molecule has 18 aromatic rings. The SMILES string of the molecule is CC(=O)C=C(C)O.CC(=O)C=C(C)O.CC(=O)C=C(C)O.Cc1cc(C)c(-c2cc3cc(-c4[c-]ccc5c4oc4ccccc45)ncc3o2)c(C)c1.Cc1cc(C)cc(-c2cc3cc(-c4[c-]ccc5c4oc4ccccc45)ncc3o2)c1.Cc1ccc(-c2cc3cc(-c4[c-]ccc5c4oc4ccccc45)ncc3o2)cc1.[Ir].[Ir].[Ir]. The number of aromatic nitrogens is 3. The van der Waals surface area contributed by atoms with Gasteiger partial charge in [-0.2, -0.15) is 0 Å². The van der Waals surface area contributed by atoms with Crippen LogP contribution in [0.15, 0.2) is 281 Å². The summed E-state index contributed by atoms with van der Waals surface area (Å²) >= 11 is 0. The van der Waals surface area contributed by atoms with Crippen LogP contribution in [0.3, 0.4) is 0 Å². The fraction of sp³-hybridized carbons (Fsp3) is 0.125. The summed E-state index contributed by atoms with van der Waals surface area (Å²) in [5.41, 5.74) is 23.0. The van der Waals surface area contributed by atoms with E-state index < -0.39 is 0 Å². The molecule has 0 aliphatic rings. The number of fused-ring (bicyclic) bond motifs is 12. The molecule has 0 saturated carbocycles. The van der Waals surface area contributed by atoms with Crippen molar-refractivity contribution in [1.82, 2.24) is 15.0 Å². The molecule has 0 bridgehead atoms. The van der Waals surface area contributed by atoms with E-state index in [-0.39, 0.29) is 94.9 Å². The van der Waals surface area contributed by atoms with E-state index in [9.17, 15) is 14.4 Å². The Morgan fingerprint density at radius 2 is 0.640 bits per heavy atom. The predicted molar refractivity (Wildman–Crippen MR) is 443 cm³/mol. The number of furan rings is 6. The van der Waals surface area contributed by atoms with Crippen molar-refractivity contribution in [3.63, 3.8) is 0 Å². The normalized spacial score (nSPS) is 11.3. The summed E-state index contributed by atoms with van der Waals surface area (Å²) in [6.07, 6.45) is 8.85. The zero-order valence-corrected chi connectivity index (χ0v) is 71.6. The van der Waals surface area contributed by atoms with Crippen LogP contribution in [-0.4, -0.2) is 47.6 Å². The number of benzene rings is 9. The maximum atomic E-state index is 10.0. The maximum absolute atomic E-state index is 10.0.